The van der Waals surface area contributed by atoms with Gasteiger partial charge in [0, 0.05) is 22.7 Å². The summed E-state index contributed by atoms with van der Waals surface area (Å²) in [6, 6.07) is 4.59. The van der Waals surface area contributed by atoms with Crippen molar-refractivity contribution in [1.82, 2.24) is 9.78 Å². The normalized spacial score (nSPS) is 11.4. The number of nitrogens with zero attached hydrogens (tertiary/aromatic N) is 2. The summed E-state index contributed by atoms with van der Waals surface area (Å²) in [6.45, 7) is 0. The second-order valence-corrected chi connectivity index (χ2v) is 6.96. The summed E-state index contributed by atoms with van der Waals surface area (Å²) in [6.07, 6.45) is 1.21. The smallest absolute Gasteiger partial charge is 0.258 e. The number of benzene rings is 1. The highest BCUT2D eigenvalue weighted by molar-refractivity contribution is 9.10. The quantitative estimate of drug-likeness (QED) is 0.828. The Hall–Kier alpha value is -1.42. The maximum atomic E-state index is 12.2. The van der Waals surface area contributed by atoms with E-state index in [2.05, 4.69) is 26.3 Å². The minimum atomic E-state index is -3.99. The lowest BCUT2D eigenvalue weighted by Gasteiger charge is -2.06. The third-order valence-electron chi connectivity index (χ3n) is 2.51. The van der Waals surface area contributed by atoms with E-state index in [0.29, 0.717) is 9.50 Å². The molecule has 0 aliphatic carbocycles. The average molecular weight is 394 g/mol. The summed E-state index contributed by atoms with van der Waals surface area (Å²) in [5.74, 6) is -0.672. The van der Waals surface area contributed by atoms with Crippen molar-refractivity contribution < 1.29 is 13.2 Å². The number of hydrogen-bond acceptors (Lipinski definition) is 4. The largest absolute Gasteiger partial charge is 0.304 e. The highest BCUT2D eigenvalue weighted by Gasteiger charge is 2.21. The summed E-state index contributed by atoms with van der Waals surface area (Å²) < 4.78 is 24.6. The Labute approximate surface area is 134 Å². The van der Waals surface area contributed by atoms with Crippen LogP contribution < -0.4 is 10.5 Å². The van der Waals surface area contributed by atoms with E-state index < -0.39 is 15.9 Å². The fourth-order valence-corrected chi connectivity index (χ4v) is 3.13. The number of amides is 1. The van der Waals surface area contributed by atoms with E-state index in [9.17, 15) is 13.2 Å². The van der Waals surface area contributed by atoms with Crippen molar-refractivity contribution in [3.63, 3.8) is 0 Å². The van der Waals surface area contributed by atoms with Gasteiger partial charge in [-0.05, 0) is 34.1 Å². The molecule has 0 aliphatic rings. The maximum absolute atomic E-state index is 12.2. The molecule has 0 bridgehead atoms. The molecule has 112 valence electrons. The van der Waals surface area contributed by atoms with Crippen molar-refractivity contribution in [3.05, 3.63) is 39.5 Å². The first-order valence-corrected chi connectivity index (χ1v) is 8.23. The number of sulfonamides is 1. The number of carbonyl (C=O) groups is 1. The van der Waals surface area contributed by atoms with Crippen LogP contribution in [0.15, 0.2) is 33.8 Å². The number of halogens is 2. The van der Waals surface area contributed by atoms with Crippen molar-refractivity contribution in [2.24, 2.45) is 12.2 Å². The van der Waals surface area contributed by atoms with Gasteiger partial charge in [-0.25, -0.2) is 13.6 Å². The van der Waals surface area contributed by atoms with E-state index in [-0.39, 0.29) is 16.3 Å². The molecule has 7 nitrogen and oxygen atoms in total. The van der Waals surface area contributed by atoms with Gasteiger partial charge < -0.3 is 5.32 Å². The summed E-state index contributed by atoms with van der Waals surface area (Å²) >= 11 is 9.01. The molecule has 1 aromatic heterocycles. The first-order valence-electron chi connectivity index (χ1n) is 5.51. The zero-order valence-corrected chi connectivity index (χ0v) is 13.8. The zero-order chi connectivity index (χ0) is 15.8. The molecule has 0 saturated heterocycles. The van der Waals surface area contributed by atoms with Gasteiger partial charge in [0.15, 0.2) is 5.82 Å². The summed E-state index contributed by atoms with van der Waals surface area (Å²) in [5, 5.41) is 11.8. The van der Waals surface area contributed by atoms with Crippen LogP contribution in [0.3, 0.4) is 0 Å². The zero-order valence-electron chi connectivity index (χ0n) is 10.7. The third kappa shape index (κ3) is 3.62. The van der Waals surface area contributed by atoms with Gasteiger partial charge in [0.05, 0.1) is 5.56 Å². The van der Waals surface area contributed by atoms with Gasteiger partial charge in [0.25, 0.3) is 5.91 Å². The van der Waals surface area contributed by atoms with E-state index >= 15 is 0 Å². The first kappa shape index (κ1) is 16.0. The molecule has 2 aromatic rings. The van der Waals surface area contributed by atoms with Gasteiger partial charge in [-0.3, -0.25) is 9.48 Å². The molecule has 0 spiro atoms. The second kappa shape index (κ2) is 5.76. The number of primary sulfonamides is 1. The summed E-state index contributed by atoms with van der Waals surface area (Å²) in [5.41, 5.74) is 0.283. The molecule has 1 aromatic carbocycles. The molecule has 1 amide bonds. The second-order valence-electron chi connectivity index (χ2n) is 4.14. The molecule has 1 heterocycles. The topological polar surface area (TPSA) is 107 Å². The van der Waals surface area contributed by atoms with Crippen molar-refractivity contribution >= 4 is 49.3 Å². The number of nitrogens with two attached hydrogens (primary N) is 1. The van der Waals surface area contributed by atoms with Gasteiger partial charge in [-0.2, -0.15) is 5.10 Å². The molecule has 0 radical (unpaired) electrons. The molecule has 0 aliphatic heterocycles. The Bertz CT molecular complexity index is 819. The summed E-state index contributed by atoms with van der Waals surface area (Å²) in [7, 11) is -2.47. The van der Waals surface area contributed by atoms with Crippen LogP contribution in [0.25, 0.3) is 0 Å². The number of aryl methyl sites for hydroxylation is 1. The average Bonchev–Trinajstić information content (AvgIpc) is 2.69. The molecule has 0 atom stereocenters. The van der Waals surface area contributed by atoms with E-state index in [0.717, 1.165) is 0 Å². The number of hydrogen-bond donors (Lipinski definition) is 2. The molecule has 21 heavy (non-hydrogen) atoms. The van der Waals surface area contributed by atoms with Crippen molar-refractivity contribution in [3.8, 4) is 0 Å². The predicted molar refractivity (Wildman–Crippen MR) is 81.7 cm³/mol. The number of aromatic nitrogens is 2. The lowest BCUT2D eigenvalue weighted by Crippen LogP contribution is -2.18. The Morgan fingerprint density at radius 1 is 1.48 bits per heavy atom. The Morgan fingerprint density at radius 2 is 2.14 bits per heavy atom. The standard InChI is InChI=1S/C11H10BrClN4O3S/c1-17-5-9(21(14,19)20)10(16-17)15-11(18)7-3-2-6(13)4-8(7)12/h2-5H,1H3,(H2,14,19,20)(H,15,16,18). The van der Waals surface area contributed by atoms with E-state index in [1.165, 1.54) is 24.0 Å². The highest BCUT2D eigenvalue weighted by Crippen LogP contribution is 2.24. The van der Waals surface area contributed by atoms with Crippen molar-refractivity contribution in [2.75, 3.05) is 5.32 Å². The Kier molecular flexibility index (Phi) is 4.38. The number of nitrogens with one attached hydrogen (secondary N) is 1. The van der Waals surface area contributed by atoms with Gasteiger partial charge in [0.2, 0.25) is 10.0 Å². The minimum absolute atomic E-state index is 0.133. The Balaban J connectivity index is 2.36. The lowest BCUT2D eigenvalue weighted by molar-refractivity contribution is 0.102. The van der Waals surface area contributed by atoms with Crippen LogP contribution in [0.4, 0.5) is 5.82 Å². The minimum Gasteiger partial charge on any atom is -0.304 e. The molecular formula is C11H10BrClN4O3S. The molecule has 3 N–H and O–H groups in total. The fraction of sp³-hybridized carbons (Fsp3) is 0.0909. The van der Waals surface area contributed by atoms with Crippen LogP contribution in [0, 0.1) is 0 Å². The van der Waals surface area contributed by atoms with Gasteiger partial charge in [-0.1, -0.05) is 11.6 Å². The van der Waals surface area contributed by atoms with Gasteiger partial charge >= 0.3 is 0 Å². The first-order chi connectivity index (χ1) is 9.68. The van der Waals surface area contributed by atoms with Gasteiger partial charge in [-0.15, -0.1) is 0 Å². The van der Waals surface area contributed by atoms with E-state index in [1.807, 2.05) is 0 Å². The number of rotatable bonds is 3. The van der Waals surface area contributed by atoms with Crippen molar-refractivity contribution in [1.29, 1.82) is 0 Å². The van der Waals surface area contributed by atoms with E-state index in [4.69, 9.17) is 16.7 Å². The molecule has 2 rings (SSSR count). The summed E-state index contributed by atoms with van der Waals surface area (Å²) in [4.78, 5) is 11.9. The van der Waals surface area contributed by atoms with Crippen LogP contribution in [0.1, 0.15) is 10.4 Å². The predicted octanol–water partition coefficient (Wildman–Crippen LogP) is 1.74. The lowest BCUT2D eigenvalue weighted by atomic mass is 10.2. The molecule has 0 fully saturated rings. The monoisotopic (exact) mass is 392 g/mol. The van der Waals surface area contributed by atoms with Crippen LogP contribution in [-0.4, -0.2) is 24.1 Å². The highest BCUT2D eigenvalue weighted by atomic mass is 79.9. The van der Waals surface area contributed by atoms with Crippen molar-refractivity contribution in [2.45, 2.75) is 4.90 Å². The van der Waals surface area contributed by atoms with Gasteiger partial charge in [0.1, 0.15) is 4.90 Å². The van der Waals surface area contributed by atoms with Crippen LogP contribution >= 0.6 is 27.5 Å². The molecular weight excluding hydrogens is 384 g/mol. The van der Waals surface area contributed by atoms with Crippen LogP contribution in [0.5, 0.6) is 0 Å². The maximum Gasteiger partial charge on any atom is 0.258 e. The van der Waals surface area contributed by atoms with E-state index in [1.54, 1.807) is 12.1 Å². The molecule has 10 heteroatoms. The SMILES string of the molecule is Cn1cc(S(N)(=O)=O)c(NC(=O)c2ccc(Cl)cc2Br)n1. The molecule has 0 unspecified atom stereocenters. The third-order valence-corrected chi connectivity index (χ3v) is 4.31. The number of carbonyl (C=O) groups excluding carboxylic acids is 1. The van der Waals surface area contributed by atoms with Crippen LogP contribution in [-0.2, 0) is 17.1 Å². The van der Waals surface area contributed by atoms with Crippen LogP contribution in [0.2, 0.25) is 5.02 Å². The molecule has 0 saturated carbocycles. The number of anilines is 1. The Morgan fingerprint density at radius 3 is 2.71 bits per heavy atom. The fourth-order valence-electron chi connectivity index (χ4n) is 1.61.